The van der Waals surface area contributed by atoms with Crippen LogP contribution < -0.4 is 0 Å². The summed E-state index contributed by atoms with van der Waals surface area (Å²) in [7, 11) is 0. The fourth-order valence-corrected chi connectivity index (χ4v) is 4.52. The highest BCUT2D eigenvalue weighted by molar-refractivity contribution is 6.03. The molecular weight excluding hydrogens is 628 g/mol. The Hall–Kier alpha value is -4.54. The second-order valence-corrected chi connectivity index (χ2v) is 16.0. The van der Waals surface area contributed by atoms with Gasteiger partial charge in [-0.3, -0.25) is 9.59 Å². The SMILES string of the molecule is CC(C)(C)OC(=O)N(C(=O)C(C)(C)C)[C@@H](Cc1ccccc1)C(=O)OC(=O)[C@H](Cc1ccccc1)N(C(=O)OC(C)(C)C)C(=O)C(C)(C)C. The topological polar surface area (TPSA) is 137 Å². The van der Waals surface area contributed by atoms with Crippen LogP contribution in [0, 0.1) is 10.8 Å². The minimum Gasteiger partial charge on any atom is -0.443 e. The molecule has 0 unspecified atom stereocenters. The van der Waals surface area contributed by atoms with Gasteiger partial charge < -0.3 is 14.2 Å². The zero-order valence-electron chi connectivity index (χ0n) is 30.9. The maximum Gasteiger partial charge on any atom is 0.417 e. The number of ether oxygens (including phenoxy) is 3. The lowest BCUT2D eigenvalue weighted by molar-refractivity contribution is -0.171. The summed E-state index contributed by atoms with van der Waals surface area (Å²) in [5, 5.41) is 0. The molecule has 2 rings (SSSR count). The third-order valence-corrected chi connectivity index (χ3v) is 6.81. The molecular formula is C38H52N2O9. The Kier molecular flexibility index (Phi) is 13.1. The van der Waals surface area contributed by atoms with Crippen molar-refractivity contribution >= 4 is 35.9 Å². The van der Waals surface area contributed by atoms with Crippen molar-refractivity contribution in [2.45, 2.75) is 119 Å². The normalized spacial score (nSPS) is 13.4. The Bertz CT molecular complexity index is 1380. The standard InChI is InChI=1S/C38H52N2O9/c1-35(2,3)31(43)39(33(45)48-37(7,8)9)27(23-25-19-15-13-16-20-25)29(41)47-30(42)28(24-26-21-17-14-18-22-26)40(32(44)36(4,5)6)34(46)49-38(10,11)12/h13-22,27-28H,23-24H2,1-12H3/t27-,28-/m0/s1. The third-order valence-electron chi connectivity index (χ3n) is 6.81. The molecule has 0 spiro atoms. The summed E-state index contributed by atoms with van der Waals surface area (Å²) in [5.41, 5.74) is -3.26. The molecule has 2 aromatic rings. The van der Waals surface area contributed by atoms with Gasteiger partial charge in [0, 0.05) is 23.7 Å². The van der Waals surface area contributed by atoms with Crippen LogP contribution in [0.3, 0.4) is 0 Å². The maximum absolute atomic E-state index is 14.2. The van der Waals surface area contributed by atoms with Crippen LogP contribution in [0.1, 0.15) is 94.2 Å². The Labute approximate surface area is 290 Å². The van der Waals surface area contributed by atoms with Crippen LogP contribution in [0.5, 0.6) is 0 Å². The number of nitrogens with zero attached hydrogens (tertiary/aromatic N) is 2. The number of imide groups is 2. The monoisotopic (exact) mass is 680 g/mol. The molecule has 11 heteroatoms. The molecule has 0 aliphatic heterocycles. The van der Waals surface area contributed by atoms with Crippen LogP contribution in [0.4, 0.5) is 9.59 Å². The third kappa shape index (κ3) is 12.5. The Morgan fingerprint density at radius 2 is 0.796 bits per heavy atom. The predicted octanol–water partition coefficient (Wildman–Crippen LogP) is 6.90. The summed E-state index contributed by atoms with van der Waals surface area (Å²) in [6, 6.07) is 13.9. The van der Waals surface area contributed by atoms with Crippen LogP contribution >= 0.6 is 0 Å². The van der Waals surface area contributed by atoms with Crippen LogP contribution in [0.15, 0.2) is 60.7 Å². The highest BCUT2D eigenvalue weighted by atomic mass is 16.6. The fourth-order valence-electron chi connectivity index (χ4n) is 4.52. The van der Waals surface area contributed by atoms with Gasteiger partial charge in [0.05, 0.1) is 0 Å². The number of rotatable bonds is 8. The number of esters is 2. The van der Waals surface area contributed by atoms with Gasteiger partial charge in [-0.05, 0) is 52.7 Å². The van der Waals surface area contributed by atoms with Gasteiger partial charge >= 0.3 is 24.1 Å². The molecule has 0 saturated carbocycles. The first-order chi connectivity index (χ1) is 22.3. The van der Waals surface area contributed by atoms with Gasteiger partial charge in [-0.25, -0.2) is 29.0 Å². The van der Waals surface area contributed by atoms with Crippen molar-refractivity contribution in [3.63, 3.8) is 0 Å². The number of carbonyl (C=O) groups excluding carboxylic acids is 6. The molecule has 0 aliphatic rings. The van der Waals surface area contributed by atoms with E-state index in [1.165, 1.54) is 0 Å². The van der Waals surface area contributed by atoms with Crippen molar-refractivity contribution in [1.29, 1.82) is 0 Å². The average molecular weight is 681 g/mol. The van der Waals surface area contributed by atoms with E-state index in [1.54, 1.807) is 144 Å². The Balaban J connectivity index is 2.73. The average Bonchev–Trinajstić information content (AvgIpc) is 2.94. The van der Waals surface area contributed by atoms with E-state index in [1.807, 2.05) is 0 Å². The summed E-state index contributed by atoms with van der Waals surface area (Å²) in [6.45, 7) is 19.2. The zero-order valence-corrected chi connectivity index (χ0v) is 30.9. The van der Waals surface area contributed by atoms with E-state index in [0.29, 0.717) is 20.9 Å². The molecule has 0 aromatic heterocycles. The van der Waals surface area contributed by atoms with E-state index >= 15 is 0 Å². The number of carbonyl (C=O) groups is 6. The predicted molar refractivity (Wildman–Crippen MR) is 184 cm³/mol. The molecule has 0 fully saturated rings. The van der Waals surface area contributed by atoms with Crippen molar-refractivity contribution in [3.05, 3.63) is 71.8 Å². The minimum absolute atomic E-state index is 0.214. The highest BCUT2D eigenvalue weighted by Gasteiger charge is 2.46. The number of benzene rings is 2. The van der Waals surface area contributed by atoms with Crippen molar-refractivity contribution in [2.24, 2.45) is 10.8 Å². The first kappa shape index (κ1) is 40.6. The molecule has 0 aliphatic carbocycles. The second-order valence-electron chi connectivity index (χ2n) is 16.0. The highest BCUT2D eigenvalue weighted by Crippen LogP contribution is 2.27. The van der Waals surface area contributed by atoms with E-state index in [2.05, 4.69) is 0 Å². The zero-order chi connectivity index (χ0) is 37.5. The van der Waals surface area contributed by atoms with E-state index in [4.69, 9.17) is 14.2 Å². The van der Waals surface area contributed by atoms with Crippen molar-refractivity contribution < 1.29 is 43.0 Å². The van der Waals surface area contributed by atoms with Crippen molar-refractivity contribution in [2.75, 3.05) is 0 Å². The van der Waals surface area contributed by atoms with E-state index in [0.717, 1.165) is 0 Å². The summed E-state index contributed by atoms with van der Waals surface area (Å²) in [5.74, 6) is -3.98. The Morgan fingerprint density at radius 3 is 1.04 bits per heavy atom. The lowest BCUT2D eigenvalue weighted by Crippen LogP contribution is -2.57. The summed E-state index contributed by atoms with van der Waals surface area (Å²) >= 11 is 0. The lowest BCUT2D eigenvalue weighted by atomic mass is 9.93. The number of hydrogen-bond donors (Lipinski definition) is 0. The summed E-state index contributed by atoms with van der Waals surface area (Å²) in [4.78, 5) is 84.7. The van der Waals surface area contributed by atoms with E-state index in [9.17, 15) is 28.8 Å². The molecule has 0 saturated heterocycles. The largest absolute Gasteiger partial charge is 0.443 e. The Morgan fingerprint density at radius 1 is 0.510 bits per heavy atom. The van der Waals surface area contributed by atoms with Gasteiger partial charge in [-0.1, -0.05) is 102 Å². The molecule has 0 N–H and O–H groups in total. The van der Waals surface area contributed by atoms with Gasteiger partial charge in [0.1, 0.15) is 23.3 Å². The second kappa shape index (κ2) is 15.8. The number of hydrogen-bond acceptors (Lipinski definition) is 9. The van der Waals surface area contributed by atoms with Crippen LogP contribution in [-0.4, -0.2) is 69.0 Å². The first-order valence-electron chi connectivity index (χ1n) is 16.3. The smallest absolute Gasteiger partial charge is 0.417 e. The van der Waals surface area contributed by atoms with Gasteiger partial charge in [-0.2, -0.15) is 0 Å². The molecule has 0 radical (unpaired) electrons. The van der Waals surface area contributed by atoms with Gasteiger partial charge in [0.2, 0.25) is 11.8 Å². The molecule has 268 valence electrons. The fraction of sp³-hybridized carbons (Fsp3) is 0.526. The lowest BCUT2D eigenvalue weighted by Gasteiger charge is -2.36. The molecule has 49 heavy (non-hydrogen) atoms. The molecule has 11 nitrogen and oxygen atoms in total. The maximum atomic E-state index is 14.2. The molecule has 4 amide bonds. The summed E-state index contributed by atoms with van der Waals surface area (Å²) in [6.07, 6.45) is -2.63. The van der Waals surface area contributed by atoms with E-state index in [-0.39, 0.29) is 12.8 Å². The van der Waals surface area contributed by atoms with Crippen LogP contribution in [-0.2, 0) is 46.2 Å². The quantitative estimate of drug-likeness (QED) is 0.166. The molecule has 2 aromatic carbocycles. The number of amides is 4. The van der Waals surface area contributed by atoms with Gasteiger partial charge in [0.25, 0.3) is 0 Å². The first-order valence-corrected chi connectivity index (χ1v) is 16.3. The van der Waals surface area contributed by atoms with Crippen molar-refractivity contribution in [1.82, 2.24) is 9.80 Å². The van der Waals surface area contributed by atoms with Gasteiger partial charge in [0.15, 0.2) is 0 Å². The van der Waals surface area contributed by atoms with Crippen LogP contribution in [0.25, 0.3) is 0 Å². The molecule has 2 atom stereocenters. The van der Waals surface area contributed by atoms with Gasteiger partial charge in [-0.15, -0.1) is 0 Å². The van der Waals surface area contributed by atoms with E-state index < -0.39 is 70.1 Å². The van der Waals surface area contributed by atoms with Crippen LogP contribution in [0.2, 0.25) is 0 Å². The summed E-state index contributed by atoms with van der Waals surface area (Å²) < 4.78 is 16.6. The molecule has 0 bridgehead atoms. The molecule has 0 heterocycles. The van der Waals surface area contributed by atoms with Crippen molar-refractivity contribution in [3.8, 4) is 0 Å². The minimum atomic E-state index is -1.65.